The molecule has 1 rings (SSSR count). The highest BCUT2D eigenvalue weighted by molar-refractivity contribution is 5.31. The molecule has 0 amide bonds. The van der Waals surface area contributed by atoms with Crippen molar-refractivity contribution in [3.8, 4) is 0 Å². The molecule has 0 spiro atoms. The molecule has 0 unspecified atom stereocenters. The Hall–Kier alpha value is -1.10. The topological polar surface area (TPSA) is 26.0 Å². The minimum absolute atomic E-state index is 0.204. The Morgan fingerprint density at radius 3 is 2.29 bits per heavy atom. The van der Waals surface area contributed by atoms with Gasteiger partial charge in [-0.1, -0.05) is 12.1 Å². The molecule has 1 aromatic carbocycles. The van der Waals surface area contributed by atoms with Gasteiger partial charge in [0.2, 0.25) is 0 Å². The summed E-state index contributed by atoms with van der Waals surface area (Å²) in [4.78, 5) is 0. The van der Waals surface area contributed by atoms with Crippen LogP contribution >= 0.6 is 0 Å². The number of alkyl halides is 3. The lowest BCUT2D eigenvalue weighted by Gasteiger charge is -2.18. The lowest BCUT2D eigenvalue weighted by atomic mass is 10.0. The van der Waals surface area contributed by atoms with Gasteiger partial charge in [-0.2, -0.15) is 13.2 Å². The molecule has 0 bridgehead atoms. The van der Waals surface area contributed by atoms with Crippen molar-refractivity contribution in [1.82, 2.24) is 0 Å². The van der Waals surface area contributed by atoms with Crippen molar-refractivity contribution in [3.05, 3.63) is 35.1 Å². The Kier molecular flexibility index (Phi) is 2.80. The van der Waals surface area contributed by atoms with Gasteiger partial charge in [-0.15, -0.1) is 0 Å². The predicted molar refractivity (Wildman–Crippen MR) is 44.1 cm³/mol. The van der Waals surface area contributed by atoms with E-state index in [1.165, 1.54) is 19.1 Å². The quantitative estimate of drug-likeness (QED) is 0.704. The van der Waals surface area contributed by atoms with E-state index in [1.54, 1.807) is 0 Å². The molecule has 0 aliphatic carbocycles. The van der Waals surface area contributed by atoms with Crippen molar-refractivity contribution in [1.29, 1.82) is 0 Å². The second-order valence-electron chi connectivity index (χ2n) is 2.99. The summed E-state index contributed by atoms with van der Waals surface area (Å²) >= 11 is 0. The Morgan fingerprint density at radius 1 is 1.29 bits per heavy atom. The number of benzene rings is 1. The number of nitrogens with two attached hydrogens (primary N) is 1. The van der Waals surface area contributed by atoms with Crippen LogP contribution in [-0.4, -0.2) is 6.18 Å². The number of rotatable bonds is 1. The Bertz CT molecular complexity index is 312. The van der Waals surface area contributed by atoms with Crippen LogP contribution in [0.4, 0.5) is 17.6 Å². The molecule has 0 saturated carbocycles. The Balaban J connectivity index is 3.19. The SMILES string of the molecule is Cc1cccc(F)c1[C@@H](N)C(F)(F)F. The van der Waals surface area contributed by atoms with Gasteiger partial charge in [0, 0.05) is 5.56 Å². The van der Waals surface area contributed by atoms with E-state index >= 15 is 0 Å². The van der Waals surface area contributed by atoms with Crippen molar-refractivity contribution in [2.45, 2.75) is 19.1 Å². The van der Waals surface area contributed by atoms with Crippen LogP contribution in [0.5, 0.6) is 0 Å². The summed E-state index contributed by atoms with van der Waals surface area (Å²) in [6.45, 7) is 1.39. The van der Waals surface area contributed by atoms with Gasteiger partial charge in [-0.3, -0.25) is 0 Å². The van der Waals surface area contributed by atoms with E-state index < -0.39 is 23.6 Å². The van der Waals surface area contributed by atoms with Crippen molar-refractivity contribution >= 4 is 0 Å². The summed E-state index contributed by atoms with van der Waals surface area (Å²) < 4.78 is 49.7. The second kappa shape index (κ2) is 3.57. The third-order valence-electron chi connectivity index (χ3n) is 1.93. The maximum absolute atomic E-state index is 13.1. The lowest BCUT2D eigenvalue weighted by molar-refractivity contribution is -0.149. The third-order valence-corrected chi connectivity index (χ3v) is 1.93. The van der Waals surface area contributed by atoms with E-state index in [0.29, 0.717) is 0 Å². The first-order valence-electron chi connectivity index (χ1n) is 3.91. The average Bonchev–Trinajstić information content (AvgIpc) is 2.01. The molecule has 0 saturated heterocycles. The summed E-state index contributed by atoms with van der Waals surface area (Å²) in [6, 6.07) is 1.44. The molecule has 0 aromatic heterocycles. The minimum Gasteiger partial charge on any atom is -0.316 e. The molecule has 5 heteroatoms. The minimum atomic E-state index is -4.62. The summed E-state index contributed by atoms with van der Waals surface area (Å²) in [7, 11) is 0. The monoisotopic (exact) mass is 207 g/mol. The predicted octanol–water partition coefficient (Wildman–Crippen LogP) is 2.70. The largest absolute Gasteiger partial charge is 0.407 e. The fraction of sp³-hybridized carbons (Fsp3) is 0.333. The number of hydrogen-bond acceptors (Lipinski definition) is 1. The summed E-state index contributed by atoms with van der Waals surface area (Å²) in [5, 5.41) is 0. The first-order chi connectivity index (χ1) is 6.34. The van der Waals surface area contributed by atoms with Crippen molar-refractivity contribution in [2.75, 3.05) is 0 Å². The molecular formula is C9H9F4N. The molecule has 0 aliphatic rings. The summed E-state index contributed by atoms with van der Waals surface area (Å²) in [5.41, 5.74) is 4.63. The van der Waals surface area contributed by atoms with Crippen LogP contribution < -0.4 is 5.73 Å². The van der Waals surface area contributed by atoms with Gasteiger partial charge in [0.05, 0.1) is 0 Å². The number of hydrogen-bond donors (Lipinski definition) is 1. The van der Waals surface area contributed by atoms with Crippen LogP contribution in [0.25, 0.3) is 0 Å². The number of halogens is 4. The lowest BCUT2D eigenvalue weighted by Crippen LogP contribution is -2.30. The van der Waals surface area contributed by atoms with Crippen molar-refractivity contribution in [3.63, 3.8) is 0 Å². The second-order valence-corrected chi connectivity index (χ2v) is 2.99. The molecule has 1 aromatic rings. The molecule has 14 heavy (non-hydrogen) atoms. The zero-order valence-corrected chi connectivity index (χ0v) is 7.40. The fourth-order valence-electron chi connectivity index (χ4n) is 1.20. The van der Waals surface area contributed by atoms with Gasteiger partial charge in [0.1, 0.15) is 11.9 Å². The average molecular weight is 207 g/mol. The molecule has 1 nitrogen and oxygen atoms in total. The molecule has 78 valence electrons. The van der Waals surface area contributed by atoms with Gasteiger partial charge < -0.3 is 5.73 Å². The van der Waals surface area contributed by atoms with Crippen molar-refractivity contribution in [2.24, 2.45) is 5.73 Å². The van der Waals surface area contributed by atoms with E-state index in [2.05, 4.69) is 0 Å². The highest BCUT2D eigenvalue weighted by Crippen LogP contribution is 2.33. The van der Waals surface area contributed by atoms with E-state index in [4.69, 9.17) is 5.73 Å². The molecule has 0 heterocycles. The van der Waals surface area contributed by atoms with Crippen LogP contribution in [0.2, 0.25) is 0 Å². The maximum atomic E-state index is 13.1. The molecular weight excluding hydrogens is 198 g/mol. The van der Waals surface area contributed by atoms with Crippen LogP contribution in [0.15, 0.2) is 18.2 Å². The van der Waals surface area contributed by atoms with Gasteiger partial charge in [-0.05, 0) is 18.6 Å². The molecule has 0 radical (unpaired) electrons. The van der Waals surface area contributed by atoms with Gasteiger partial charge in [0.25, 0.3) is 0 Å². The van der Waals surface area contributed by atoms with Gasteiger partial charge in [-0.25, -0.2) is 4.39 Å². The maximum Gasteiger partial charge on any atom is 0.407 e. The first kappa shape index (κ1) is 11.0. The third kappa shape index (κ3) is 2.04. The van der Waals surface area contributed by atoms with Crippen LogP contribution in [-0.2, 0) is 0 Å². The molecule has 1 atom stereocenters. The smallest absolute Gasteiger partial charge is 0.316 e. The zero-order valence-electron chi connectivity index (χ0n) is 7.40. The van der Waals surface area contributed by atoms with E-state index in [0.717, 1.165) is 6.07 Å². The van der Waals surface area contributed by atoms with Crippen LogP contribution in [0.3, 0.4) is 0 Å². The zero-order chi connectivity index (χ0) is 10.9. The Morgan fingerprint density at radius 2 is 1.86 bits per heavy atom. The molecule has 2 N–H and O–H groups in total. The van der Waals surface area contributed by atoms with Crippen molar-refractivity contribution < 1.29 is 17.6 Å². The summed E-state index contributed by atoms with van der Waals surface area (Å²) in [6.07, 6.45) is -4.62. The van der Waals surface area contributed by atoms with Crippen LogP contribution in [0, 0.1) is 12.7 Å². The van der Waals surface area contributed by atoms with E-state index in [-0.39, 0.29) is 5.56 Å². The fourth-order valence-corrected chi connectivity index (χ4v) is 1.20. The van der Waals surface area contributed by atoms with E-state index in [9.17, 15) is 17.6 Å². The normalized spacial score (nSPS) is 14.1. The molecule has 0 fully saturated rings. The Labute approximate surface area is 78.5 Å². The number of aryl methyl sites for hydroxylation is 1. The standard InChI is InChI=1S/C9H9F4N/c1-5-3-2-4-6(10)7(5)8(14)9(11,12)13/h2-4,8H,14H2,1H3/t8-/m1/s1. The van der Waals surface area contributed by atoms with Gasteiger partial charge in [0.15, 0.2) is 0 Å². The van der Waals surface area contributed by atoms with Gasteiger partial charge >= 0.3 is 6.18 Å². The first-order valence-corrected chi connectivity index (χ1v) is 3.91. The van der Waals surface area contributed by atoms with E-state index in [1.807, 2.05) is 0 Å². The summed E-state index contributed by atoms with van der Waals surface area (Å²) in [5.74, 6) is -0.921. The molecule has 0 aliphatic heterocycles. The highest BCUT2D eigenvalue weighted by Gasteiger charge is 2.39. The highest BCUT2D eigenvalue weighted by atomic mass is 19.4. The van der Waals surface area contributed by atoms with Crippen LogP contribution in [0.1, 0.15) is 17.2 Å².